The average molecular weight is 325 g/mol. The molecule has 0 aliphatic carbocycles. The molecule has 0 unspecified atom stereocenters. The van der Waals surface area contributed by atoms with E-state index in [0.717, 1.165) is 22.3 Å². The van der Waals surface area contributed by atoms with Crippen LogP contribution in [0.5, 0.6) is 0 Å². The summed E-state index contributed by atoms with van der Waals surface area (Å²) in [6.45, 7) is 7.32. The van der Waals surface area contributed by atoms with Crippen molar-refractivity contribution in [2.24, 2.45) is 0 Å². The van der Waals surface area contributed by atoms with Gasteiger partial charge in [-0.15, -0.1) is 0 Å². The first kappa shape index (κ1) is 17.7. The van der Waals surface area contributed by atoms with Gasteiger partial charge in [0.1, 0.15) is 0 Å². The molecule has 0 heterocycles. The van der Waals surface area contributed by atoms with Crippen molar-refractivity contribution >= 4 is 11.9 Å². The van der Waals surface area contributed by atoms with E-state index in [0.29, 0.717) is 5.56 Å². The number of amides is 1. The normalized spacial score (nSPS) is 11.7. The maximum atomic E-state index is 12.3. The Morgan fingerprint density at radius 1 is 1.04 bits per heavy atom. The van der Waals surface area contributed by atoms with Gasteiger partial charge < -0.3 is 10.1 Å². The number of aryl methyl sites for hydroxylation is 3. The highest BCUT2D eigenvalue weighted by Gasteiger charge is 2.16. The molecule has 2 aromatic rings. The number of hydrogen-bond acceptors (Lipinski definition) is 3. The fourth-order valence-corrected chi connectivity index (χ4v) is 2.81. The first-order chi connectivity index (χ1) is 11.4. The van der Waals surface area contributed by atoms with Gasteiger partial charge >= 0.3 is 5.97 Å². The number of hydrogen-bond donors (Lipinski definition) is 1. The monoisotopic (exact) mass is 325 g/mol. The van der Waals surface area contributed by atoms with Crippen LogP contribution in [-0.2, 0) is 9.53 Å². The van der Waals surface area contributed by atoms with Crippen molar-refractivity contribution in [2.45, 2.75) is 33.7 Å². The zero-order chi connectivity index (χ0) is 17.7. The predicted octanol–water partition coefficient (Wildman–Crippen LogP) is 3.65. The van der Waals surface area contributed by atoms with Crippen molar-refractivity contribution in [3.8, 4) is 0 Å². The minimum Gasteiger partial charge on any atom is -0.452 e. The lowest BCUT2D eigenvalue weighted by Gasteiger charge is -2.15. The average Bonchev–Trinajstić information content (AvgIpc) is 2.52. The SMILES string of the molecule is Cc1cc(C)c(C(=O)OCC(=O)N[C@@H](C)c2ccccc2)c(C)c1. The number of benzene rings is 2. The summed E-state index contributed by atoms with van der Waals surface area (Å²) >= 11 is 0. The van der Waals surface area contributed by atoms with Crippen LogP contribution in [0.1, 0.15) is 45.6 Å². The summed E-state index contributed by atoms with van der Waals surface area (Å²) < 4.78 is 5.18. The third kappa shape index (κ3) is 4.44. The van der Waals surface area contributed by atoms with E-state index < -0.39 is 5.97 Å². The molecule has 0 aliphatic rings. The van der Waals surface area contributed by atoms with Gasteiger partial charge in [0.15, 0.2) is 6.61 Å². The summed E-state index contributed by atoms with van der Waals surface area (Å²) in [6.07, 6.45) is 0. The van der Waals surface area contributed by atoms with E-state index in [1.807, 2.05) is 70.2 Å². The maximum Gasteiger partial charge on any atom is 0.339 e. The van der Waals surface area contributed by atoms with Gasteiger partial charge in [0.25, 0.3) is 5.91 Å². The lowest BCUT2D eigenvalue weighted by molar-refractivity contribution is -0.124. The molecule has 2 rings (SSSR count). The second-order valence-corrected chi connectivity index (χ2v) is 6.05. The summed E-state index contributed by atoms with van der Waals surface area (Å²) in [5.41, 5.74) is 4.34. The highest BCUT2D eigenvalue weighted by Crippen LogP contribution is 2.17. The Morgan fingerprint density at radius 3 is 2.21 bits per heavy atom. The molecule has 0 aromatic heterocycles. The molecule has 0 radical (unpaired) electrons. The van der Waals surface area contributed by atoms with E-state index in [1.54, 1.807) is 0 Å². The van der Waals surface area contributed by atoms with Crippen molar-refractivity contribution < 1.29 is 14.3 Å². The van der Waals surface area contributed by atoms with E-state index in [1.165, 1.54) is 0 Å². The standard InChI is InChI=1S/C20H23NO3/c1-13-10-14(2)19(15(3)11-13)20(23)24-12-18(22)21-16(4)17-8-6-5-7-9-17/h5-11,16H,12H2,1-4H3,(H,21,22)/t16-/m0/s1. The molecule has 24 heavy (non-hydrogen) atoms. The summed E-state index contributed by atoms with van der Waals surface area (Å²) in [4.78, 5) is 24.3. The zero-order valence-electron chi connectivity index (χ0n) is 14.6. The fourth-order valence-electron chi connectivity index (χ4n) is 2.81. The van der Waals surface area contributed by atoms with E-state index >= 15 is 0 Å². The molecule has 0 saturated heterocycles. The van der Waals surface area contributed by atoms with Crippen LogP contribution >= 0.6 is 0 Å². The second kappa shape index (κ2) is 7.77. The summed E-state index contributed by atoms with van der Waals surface area (Å²) in [5, 5.41) is 2.83. The van der Waals surface area contributed by atoms with Gasteiger partial charge in [-0.25, -0.2) is 4.79 Å². The van der Waals surface area contributed by atoms with Crippen LogP contribution in [-0.4, -0.2) is 18.5 Å². The van der Waals surface area contributed by atoms with Crippen LogP contribution in [0, 0.1) is 20.8 Å². The largest absolute Gasteiger partial charge is 0.452 e. The Kier molecular flexibility index (Phi) is 5.74. The Bertz CT molecular complexity index is 715. The molecule has 2 aromatic carbocycles. The highest BCUT2D eigenvalue weighted by molar-refractivity contribution is 5.94. The van der Waals surface area contributed by atoms with Gasteiger partial charge in [-0.3, -0.25) is 4.79 Å². The summed E-state index contributed by atoms with van der Waals surface area (Å²) in [7, 11) is 0. The maximum absolute atomic E-state index is 12.3. The van der Waals surface area contributed by atoms with Crippen molar-refractivity contribution in [1.82, 2.24) is 5.32 Å². The van der Waals surface area contributed by atoms with Crippen LogP contribution in [0.25, 0.3) is 0 Å². The number of carbonyl (C=O) groups excluding carboxylic acids is 2. The summed E-state index contributed by atoms with van der Waals surface area (Å²) in [6, 6.07) is 13.4. The number of ether oxygens (including phenoxy) is 1. The molecule has 1 amide bonds. The molecule has 4 nitrogen and oxygen atoms in total. The summed E-state index contributed by atoms with van der Waals surface area (Å²) in [5.74, 6) is -0.783. The Hall–Kier alpha value is -2.62. The minimum absolute atomic E-state index is 0.139. The first-order valence-electron chi connectivity index (χ1n) is 7.97. The molecule has 4 heteroatoms. The van der Waals surface area contributed by atoms with E-state index in [-0.39, 0.29) is 18.6 Å². The third-order valence-electron chi connectivity index (χ3n) is 3.89. The minimum atomic E-state index is -0.465. The molecule has 126 valence electrons. The van der Waals surface area contributed by atoms with E-state index in [4.69, 9.17) is 4.74 Å². The number of esters is 1. The van der Waals surface area contributed by atoms with Gasteiger partial charge in [0, 0.05) is 0 Å². The van der Waals surface area contributed by atoms with Crippen LogP contribution < -0.4 is 5.32 Å². The Labute approximate surface area is 142 Å². The Balaban J connectivity index is 1.93. The van der Waals surface area contributed by atoms with Gasteiger partial charge in [-0.2, -0.15) is 0 Å². The van der Waals surface area contributed by atoms with Crippen LogP contribution in [0.4, 0.5) is 0 Å². The van der Waals surface area contributed by atoms with Gasteiger partial charge in [-0.1, -0.05) is 48.0 Å². The van der Waals surface area contributed by atoms with Gasteiger partial charge in [0.05, 0.1) is 11.6 Å². The van der Waals surface area contributed by atoms with Crippen molar-refractivity contribution in [2.75, 3.05) is 6.61 Å². The molecule has 0 spiro atoms. The Morgan fingerprint density at radius 2 is 1.62 bits per heavy atom. The van der Waals surface area contributed by atoms with E-state index in [2.05, 4.69) is 5.32 Å². The molecule has 1 atom stereocenters. The molecule has 0 fully saturated rings. The quantitative estimate of drug-likeness (QED) is 0.854. The predicted molar refractivity (Wildman–Crippen MR) is 93.9 cm³/mol. The lowest BCUT2D eigenvalue weighted by Crippen LogP contribution is -2.31. The van der Waals surface area contributed by atoms with Gasteiger partial charge in [0.2, 0.25) is 0 Å². The van der Waals surface area contributed by atoms with E-state index in [9.17, 15) is 9.59 Å². The smallest absolute Gasteiger partial charge is 0.339 e. The second-order valence-electron chi connectivity index (χ2n) is 6.05. The first-order valence-corrected chi connectivity index (χ1v) is 7.97. The molecule has 0 aliphatic heterocycles. The highest BCUT2D eigenvalue weighted by atomic mass is 16.5. The van der Waals surface area contributed by atoms with Crippen LogP contribution in [0.3, 0.4) is 0 Å². The lowest BCUT2D eigenvalue weighted by atomic mass is 10.00. The molecular weight excluding hydrogens is 302 g/mol. The zero-order valence-corrected chi connectivity index (χ0v) is 14.6. The molecule has 0 bridgehead atoms. The topological polar surface area (TPSA) is 55.4 Å². The molecule has 1 N–H and O–H groups in total. The van der Waals surface area contributed by atoms with Crippen molar-refractivity contribution in [3.63, 3.8) is 0 Å². The third-order valence-corrected chi connectivity index (χ3v) is 3.89. The number of nitrogens with one attached hydrogen (secondary N) is 1. The molecule has 0 saturated carbocycles. The van der Waals surface area contributed by atoms with Gasteiger partial charge in [-0.05, 0) is 44.4 Å². The van der Waals surface area contributed by atoms with Crippen LogP contribution in [0.2, 0.25) is 0 Å². The number of rotatable bonds is 5. The number of carbonyl (C=O) groups is 2. The molecular formula is C20H23NO3. The van der Waals surface area contributed by atoms with Crippen LogP contribution in [0.15, 0.2) is 42.5 Å². The fraction of sp³-hybridized carbons (Fsp3) is 0.300. The van der Waals surface area contributed by atoms with Crippen molar-refractivity contribution in [1.29, 1.82) is 0 Å². The van der Waals surface area contributed by atoms with Crippen molar-refractivity contribution in [3.05, 3.63) is 70.3 Å².